The molecule has 3 aromatic carbocycles. The second-order valence-electron chi connectivity index (χ2n) is 10.2. The zero-order chi connectivity index (χ0) is 31.7. The fourth-order valence-electron chi connectivity index (χ4n) is 5.11. The van der Waals surface area contributed by atoms with Gasteiger partial charge in [0.05, 0.1) is 22.3 Å². The van der Waals surface area contributed by atoms with Crippen molar-refractivity contribution in [3.05, 3.63) is 105 Å². The highest BCUT2D eigenvalue weighted by atomic mass is 79.9. The van der Waals surface area contributed by atoms with E-state index in [1.807, 2.05) is 0 Å². The summed E-state index contributed by atoms with van der Waals surface area (Å²) in [6.45, 7) is -0.615. The van der Waals surface area contributed by atoms with Crippen LogP contribution in [0.4, 0.5) is 5.69 Å². The summed E-state index contributed by atoms with van der Waals surface area (Å²) in [6.07, 6.45) is 0.775. The maximum Gasteiger partial charge on any atom is 0.343 e. The minimum absolute atomic E-state index is 0.0458. The third kappa shape index (κ3) is 6.44. The topological polar surface area (TPSA) is 144 Å². The number of imide groups is 1. The van der Waals surface area contributed by atoms with Crippen LogP contribution in [-0.4, -0.2) is 60.6 Å². The summed E-state index contributed by atoms with van der Waals surface area (Å²) in [5.74, 6) is -4.34. The van der Waals surface area contributed by atoms with Crippen molar-refractivity contribution in [2.75, 3.05) is 6.54 Å². The molecule has 0 aromatic heterocycles. The maximum atomic E-state index is 13.7. The number of Topliss-reactive ketones (excluding diaryl/α,β-unsaturated/α-hetero) is 1. The van der Waals surface area contributed by atoms with Crippen molar-refractivity contribution in [1.82, 2.24) is 10.0 Å². The molecule has 0 unspecified atom stereocenters. The Kier molecular flexibility index (Phi) is 9.28. The van der Waals surface area contributed by atoms with Crippen molar-refractivity contribution in [3.8, 4) is 5.75 Å². The Morgan fingerprint density at radius 3 is 1.86 bits per heavy atom. The predicted octanol–water partition coefficient (Wildman–Crippen LogP) is 5.63. The lowest BCUT2D eigenvalue weighted by Gasteiger charge is -2.30. The fourth-order valence-corrected chi connectivity index (χ4v) is 6.47. The number of esters is 1. The summed E-state index contributed by atoms with van der Waals surface area (Å²) >= 11 is 13.1. The van der Waals surface area contributed by atoms with Crippen LogP contribution in [0, 0.1) is 22.0 Å². The predicted molar refractivity (Wildman–Crippen MR) is 165 cm³/mol. The van der Waals surface area contributed by atoms with Crippen LogP contribution >= 0.6 is 43.5 Å². The second kappa shape index (κ2) is 13.0. The zero-order valence-corrected chi connectivity index (χ0v) is 26.5. The van der Waals surface area contributed by atoms with E-state index in [1.54, 1.807) is 0 Å². The number of amides is 3. The Morgan fingerprint density at radius 1 is 0.841 bits per heavy atom. The van der Waals surface area contributed by atoms with E-state index in [0.29, 0.717) is 17.9 Å². The number of ether oxygens (including phenoxy) is 1. The minimum Gasteiger partial charge on any atom is -0.423 e. The normalized spacial score (nSPS) is 21.0. The molecule has 1 heterocycles. The van der Waals surface area contributed by atoms with Gasteiger partial charge in [-0.05, 0) is 73.5 Å². The molecule has 3 aromatic rings. The van der Waals surface area contributed by atoms with Gasteiger partial charge in [-0.1, -0.05) is 43.5 Å². The summed E-state index contributed by atoms with van der Waals surface area (Å²) in [7, 11) is 0. The molecule has 226 valence electrons. The average molecular weight is 748 g/mol. The number of carbonyl (C=O) groups is 5. The molecule has 0 radical (unpaired) electrons. The van der Waals surface area contributed by atoms with Gasteiger partial charge in [0.25, 0.3) is 23.4 Å². The van der Waals surface area contributed by atoms with Crippen molar-refractivity contribution in [3.63, 3.8) is 0 Å². The van der Waals surface area contributed by atoms with Gasteiger partial charge in [-0.2, -0.15) is 5.01 Å². The molecular formula is C30H22Br2ClN3O8. The number of halogens is 3. The number of benzene rings is 3. The molecule has 2 aliphatic rings. The van der Waals surface area contributed by atoms with Gasteiger partial charge in [0.1, 0.15) is 12.3 Å². The third-order valence-electron chi connectivity index (χ3n) is 7.45. The van der Waals surface area contributed by atoms with Gasteiger partial charge in [-0.15, -0.1) is 0 Å². The SMILES string of the molecule is O=C(CN(C(=O)c1ccc(Cl)cc1)N1C(=O)[C@H]2C[C@H](Br)[C@@H](Br)C[C@H]2C1=O)c1ccc(OC(=O)c2ccc([N+](=O)[O-])cc2)cc1. The van der Waals surface area contributed by atoms with Crippen LogP contribution in [0.5, 0.6) is 5.75 Å². The smallest absolute Gasteiger partial charge is 0.343 e. The summed E-state index contributed by atoms with van der Waals surface area (Å²) in [6, 6.07) is 16.2. The van der Waals surface area contributed by atoms with E-state index in [0.717, 1.165) is 10.0 Å². The van der Waals surface area contributed by atoms with Gasteiger partial charge >= 0.3 is 5.97 Å². The van der Waals surface area contributed by atoms with Crippen molar-refractivity contribution in [2.45, 2.75) is 22.5 Å². The number of alkyl halides is 2. The molecule has 0 spiro atoms. The number of carbonyl (C=O) groups excluding carboxylic acids is 5. The van der Waals surface area contributed by atoms with E-state index in [4.69, 9.17) is 16.3 Å². The van der Waals surface area contributed by atoms with Crippen molar-refractivity contribution < 1.29 is 33.6 Å². The number of nitrogens with zero attached hydrogens (tertiary/aromatic N) is 3. The quantitative estimate of drug-likeness (QED) is 0.0549. The highest BCUT2D eigenvalue weighted by Gasteiger charge is 2.54. The number of nitro benzene ring substituents is 1. The number of hydrogen-bond acceptors (Lipinski definition) is 8. The number of nitro groups is 1. The zero-order valence-electron chi connectivity index (χ0n) is 22.6. The van der Waals surface area contributed by atoms with Gasteiger partial charge in [0.15, 0.2) is 5.78 Å². The number of rotatable bonds is 8. The van der Waals surface area contributed by atoms with E-state index in [-0.39, 0.29) is 37.8 Å². The molecule has 1 aliphatic heterocycles. The highest BCUT2D eigenvalue weighted by molar-refractivity contribution is 9.12. The van der Waals surface area contributed by atoms with E-state index >= 15 is 0 Å². The molecule has 1 saturated carbocycles. The number of hydrazine groups is 1. The average Bonchev–Trinajstić information content (AvgIpc) is 3.24. The molecule has 2 fully saturated rings. The highest BCUT2D eigenvalue weighted by Crippen LogP contribution is 2.43. The molecule has 4 atom stereocenters. The first-order chi connectivity index (χ1) is 20.9. The molecule has 44 heavy (non-hydrogen) atoms. The van der Waals surface area contributed by atoms with Crippen LogP contribution in [0.3, 0.4) is 0 Å². The van der Waals surface area contributed by atoms with Gasteiger partial charge in [0, 0.05) is 37.9 Å². The Hall–Kier alpha value is -3.94. The lowest BCUT2D eigenvalue weighted by atomic mass is 9.81. The Balaban J connectivity index is 1.35. The van der Waals surface area contributed by atoms with Gasteiger partial charge < -0.3 is 4.74 Å². The van der Waals surface area contributed by atoms with E-state index in [1.165, 1.54) is 72.8 Å². The lowest BCUT2D eigenvalue weighted by Crippen LogP contribution is -2.52. The Morgan fingerprint density at radius 2 is 1.34 bits per heavy atom. The number of non-ortho nitro benzene ring substituents is 1. The first-order valence-corrected chi connectivity index (χ1v) is 15.5. The first-order valence-electron chi connectivity index (χ1n) is 13.3. The monoisotopic (exact) mass is 745 g/mol. The van der Waals surface area contributed by atoms with Crippen molar-refractivity contribution in [1.29, 1.82) is 0 Å². The Labute approximate surface area is 272 Å². The minimum atomic E-state index is -0.761. The van der Waals surface area contributed by atoms with Crippen molar-refractivity contribution in [2.24, 2.45) is 11.8 Å². The summed E-state index contributed by atoms with van der Waals surface area (Å²) in [4.78, 5) is 76.8. The van der Waals surface area contributed by atoms with Crippen LogP contribution in [0.25, 0.3) is 0 Å². The van der Waals surface area contributed by atoms with Crippen LogP contribution in [0.2, 0.25) is 5.02 Å². The molecule has 5 rings (SSSR count). The number of ketones is 1. The van der Waals surface area contributed by atoms with Crippen LogP contribution in [0.15, 0.2) is 72.8 Å². The van der Waals surface area contributed by atoms with Gasteiger partial charge in [-0.3, -0.25) is 29.3 Å². The summed E-state index contributed by atoms with van der Waals surface area (Å²) < 4.78 is 5.30. The number of fused-ring (bicyclic) bond motifs is 1. The Bertz CT molecular complexity index is 1620. The molecular weight excluding hydrogens is 726 g/mol. The van der Waals surface area contributed by atoms with Gasteiger partial charge in [0.2, 0.25) is 0 Å². The molecule has 0 bridgehead atoms. The molecule has 1 saturated heterocycles. The second-order valence-corrected chi connectivity index (χ2v) is 13.0. The molecule has 11 nitrogen and oxygen atoms in total. The van der Waals surface area contributed by atoms with Crippen LogP contribution < -0.4 is 4.74 Å². The standard InChI is InChI=1S/C30H22Br2ClN3O8/c31-24-13-22-23(14-25(24)32)29(40)35(28(22)39)34(27(38)17-1-7-19(33)8-2-17)15-26(37)16-5-11-21(12-6-16)44-30(41)18-3-9-20(10-4-18)36(42)43/h1-12,22-25H,13-15H2/t22-,23+,24-,25-/m0/s1. The van der Waals surface area contributed by atoms with Crippen LogP contribution in [-0.2, 0) is 9.59 Å². The molecule has 14 heteroatoms. The summed E-state index contributed by atoms with van der Waals surface area (Å²) in [5, 5.41) is 12.9. The van der Waals surface area contributed by atoms with E-state index in [2.05, 4.69) is 31.9 Å². The molecule has 1 aliphatic carbocycles. The van der Waals surface area contributed by atoms with E-state index in [9.17, 15) is 34.1 Å². The number of hydrogen-bond donors (Lipinski definition) is 0. The summed E-state index contributed by atoms with van der Waals surface area (Å²) in [5.41, 5.74) is 0.170. The maximum absolute atomic E-state index is 13.7. The largest absolute Gasteiger partial charge is 0.423 e. The lowest BCUT2D eigenvalue weighted by molar-refractivity contribution is -0.384. The first kappa shape index (κ1) is 31.5. The van der Waals surface area contributed by atoms with Gasteiger partial charge in [-0.25, -0.2) is 9.80 Å². The molecule has 0 N–H and O–H groups in total. The van der Waals surface area contributed by atoms with E-state index < -0.39 is 52.8 Å². The van der Waals surface area contributed by atoms with Crippen molar-refractivity contribution >= 4 is 78.6 Å². The fraction of sp³-hybridized carbons (Fsp3) is 0.233. The third-order valence-corrected chi connectivity index (χ3v) is 10.4. The molecule has 3 amide bonds. The van der Waals surface area contributed by atoms with Crippen LogP contribution in [0.1, 0.15) is 43.9 Å².